The molecule has 28 heavy (non-hydrogen) atoms. The van der Waals surface area contributed by atoms with Gasteiger partial charge in [0.25, 0.3) is 0 Å². The quantitative estimate of drug-likeness (QED) is 0.620. The van der Waals surface area contributed by atoms with Gasteiger partial charge >= 0.3 is 24.2 Å². The maximum atomic E-state index is 13.0. The lowest BCUT2D eigenvalue weighted by Gasteiger charge is -2.29. The number of hydrogen-bond donors (Lipinski definition) is 0. The van der Waals surface area contributed by atoms with E-state index in [2.05, 4.69) is 0 Å². The maximum absolute atomic E-state index is 13.0. The average Bonchev–Trinajstić information content (AvgIpc) is 2.61. The predicted octanol–water partition coefficient (Wildman–Crippen LogP) is 4.19. The molecule has 0 aliphatic carbocycles. The van der Waals surface area contributed by atoms with Crippen molar-refractivity contribution < 1.29 is 35.9 Å². The first-order chi connectivity index (χ1) is 13.0. The number of alkyl halides is 6. The normalized spacial score (nSPS) is 14.6. The maximum Gasteiger partial charge on any atom is 0.471 e. The Bertz CT molecular complexity index is 856. The molecule has 0 aromatic heterocycles. The number of nitrogens with zero attached hydrogens (tertiary/aromatic N) is 2. The van der Waals surface area contributed by atoms with Crippen molar-refractivity contribution >= 4 is 23.2 Å². The molecule has 2 aromatic rings. The van der Waals surface area contributed by atoms with Crippen molar-refractivity contribution in [3.8, 4) is 0 Å². The van der Waals surface area contributed by atoms with Crippen LogP contribution >= 0.6 is 0 Å². The zero-order valence-corrected chi connectivity index (χ0v) is 14.0. The molecule has 1 heterocycles. The van der Waals surface area contributed by atoms with E-state index in [-0.39, 0.29) is 22.5 Å². The first kappa shape index (κ1) is 19.7. The summed E-state index contributed by atoms with van der Waals surface area (Å²) in [5.74, 6) is -4.33. The molecule has 1 aliphatic heterocycles. The third-order valence-electron chi connectivity index (χ3n) is 4.10. The summed E-state index contributed by atoms with van der Waals surface area (Å²) in [6, 6.07) is 10.2. The molecular formula is C18H12F6N2O2. The highest BCUT2D eigenvalue weighted by Gasteiger charge is 2.45. The molecule has 0 unspecified atom stereocenters. The number of carbonyl (C=O) groups excluding carboxylic acids is 2. The van der Waals surface area contributed by atoms with Crippen LogP contribution in [0.3, 0.4) is 0 Å². The molecule has 0 N–H and O–H groups in total. The van der Waals surface area contributed by atoms with Gasteiger partial charge in [0, 0.05) is 11.4 Å². The molecule has 2 aromatic carbocycles. The van der Waals surface area contributed by atoms with Crippen LogP contribution in [-0.2, 0) is 22.7 Å². The summed E-state index contributed by atoms with van der Waals surface area (Å²) in [4.78, 5) is 24.6. The topological polar surface area (TPSA) is 40.6 Å². The van der Waals surface area contributed by atoms with Crippen LogP contribution in [0, 0.1) is 0 Å². The molecule has 0 spiro atoms. The smallest absolute Gasteiger partial charge is 0.300 e. The van der Waals surface area contributed by atoms with Crippen LogP contribution in [0.1, 0.15) is 11.1 Å². The lowest BCUT2D eigenvalue weighted by molar-refractivity contribution is -0.170. The summed E-state index contributed by atoms with van der Waals surface area (Å²) < 4.78 is 78.2. The third kappa shape index (κ3) is 3.95. The molecule has 148 valence electrons. The van der Waals surface area contributed by atoms with Gasteiger partial charge in [-0.15, -0.1) is 0 Å². The Morgan fingerprint density at radius 2 is 1.07 bits per heavy atom. The molecule has 0 atom stereocenters. The second-order valence-electron chi connectivity index (χ2n) is 6.12. The van der Waals surface area contributed by atoms with Crippen LogP contribution in [0.2, 0.25) is 0 Å². The minimum absolute atomic E-state index is 0.271. The summed E-state index contributed by atoms with van der Waals surface area (Å²) in [7, 11) is 0. The standard InChI is InChI=1S/C18H12F6N2O2/c19-17(20,21)15(27)25-9-11-3-1-4-12(7-11)10-26(16(28)18(22,23)24)14-6-2-5-13(25)8-14/h1-8H,9-10H2. The third-order valence-corrected chi connectivity index (χ3v) is 4.10. The van der Waals surface area contributed by atoms with E-state index in [0.29, 0.717) is 9.80 Å². The van der Waals surface area contributed by atoms with E-state index in [0.717, 1.165) is 18.2 Å². The van der Waals surface area contributed by atoms with Crippen molar-refractivity contribution in [3.05, 3.63) is 59.7 Å². The number of halogens is 6. The van der Waals surface area contributed by atoms with Crippen LogP contribution < -0.4 is 9.80 Å². The van der Waals surface area contributed by atoms with Gasteiger partial charge in [-0.2, -0.15) is 26.3 Å². The Kier molecular flexibility index (Phi) is 4.82. The first-order valence-electron chi connectivity index (χ1n) is 7.92. The van der Waals surface area contributed by atoms with Crippen molar-refractivity contribution in [2.45, 2.75) is 25.4 Å². The molecule has 0 radical (unpaired) electrons. The number of rotatable bonds is 0. The Morgan fingerprint density at radius 3 is 1.46 bits per heavy atom. The number of amides is 2. The van der Waals surface area contributed by atoms with E-state index in [9.17, 15) is 35.9 Å². The number of hydrogen-bond acceptors (Lipinski definition) is 2. The Balaban J connectivity index is 2.18. The Morgan fingerprint density at radius 1 is 0.679 bits per heavy atom. The molecule has 10 heteroatoms. The minimum atomic E-state index is -5.18. The summed E-state index contributed by atoms with van der Waals surface area (Å²) in [5, 5.41) is 0. The van der Waals surface area contributed by atoms with Gasteiger partial charge in [-0.3, -0.25) is 9.59 Å². The summed E-state index contributed by atoms with van der Waals surface area (Å²) in [6.45, 7) is -0.855. The number of carbonyl (C=O) groups is 2. The predicted molar refractivity (Wildman–Crippen MR) is 87.4 cm³/mol. The van der Waals surface area contributed by atoms with E-state index in [4.69, 9.17) is 0 Å². The molecule has 0 fully saturated rings. The van der Waals surface area contributed by atoms with Crippen LogP contribution in [0.25, 0.3) is 0 Å². The van der Waals surface area contributed by atoms with Crippen LogP contribution in [0.15, 0.2) is 48.5 Å². The highest BCUT2D eigenvalue weighted by atomic mass is 19.4. The van der Waals surface area contributed by atoms with Gasteiger partial charge in [0.2, 0.25) is 0 Å². The number of fused-ring (bicyclic) bond motifs is 4. The second-order valence-corrected chi connectivity index (χ2v) is 6.12. The van der Waals surface area contributed by atoms with E-state index >= 15 is 0 Å². The highest BCUT2D eigenvalue weighted by Crippen LogP contribution is 2.32. The van der Waals surface area contributed by atoms with Gasteiger partial charge in [-0.1, -0.05) is 30.3 Å². The van der Waals surface area contributed by atoms with E-state index < -0.39 is 37.3 Å². The molecule has 4 nitrogen and oxygen atoms in total. The van der Waals surface area contributed by atoms with Crippen molar-refractivity contribution in [3.63, 3.8) is 0 Å². The van der Waals surface area contributed by atoms with Crippen molar-refractivity contribution in [1.82, 2.24) is 0 Å². The van der Waals surface area contributed by atoms with Gasteiger partial charge in [0.1, 0.15) is 0 Å². The van der Waals surface area contributed by atoms with Crippen LogP contribution in [-0.4, -0.2) is 24.2 Å². The molecular weight excluding hydrogens is 390 g/mol. The monoisotopic (exact) mass is 402 g/mol. The molecule has 2 amide bonds. The van der Waals surface area contributed by atoms with Crippen molar-refractivity contribution in [2.75, 3.05) is 9.80 Å². The fourth-order valence-electron chi connectivity index (χ4n) is 2.89. The van der Waals surface area contributed by atoms with E-state index in [1.807, 2.05) is 0 Å². The fraction of sp³-hybridized carbons (Fsp3) is 0.222. The molecule has 1 aliphatic rings. The molecule has 3 rings (SSSR count). The van der Waals surface area contributed by atoms with Gasteiger partial charge in [-0.25, -0.2) is 0 Å². The zero-order valence-electron chi connectivity index (χ0n) is 14.0. The number of benzene rings is 2. The molecule has 0 saturated carbocycles. The zero-order chi connectivity index (χ0) is 20.7. The van der Waals surface area contributed by atoms with Gasteiger partial charge < -0.3 is 9.80 Å². The minimum Gasteiger partial charge on any atom is -0.300 e. The van der Waals surface area contributed by atoms with Gasteiger partial charge in [-0.05, 0) is 29.3 Å². The van der Waals surface area contributed by atoms with Crippen LogP contribution in [0.5, 0.6) is 0 Å². The summed E-state index contributed by atoms with van der Waals surface area (Å²) >= 11 is 0. The van der Waals surface area contributed by atoms with Crippen molar-refractivity contribution in [1.29, 1.82) is 0 Å². The Hall–Kier alpha value is -3.04. The van der Waals surface area contributed by atoms with Crippen LogP contribution in [0.4, 0.5) is 37.7 Å². The van der Waals surface area contributed by atoms with Gasteiger partial charge in [0.05, 0.1) is 13.1 Å². The highest BCUT2D eigenvalue weighted by molar-refractivity contribution is 6.00. The lowest BCUT2D eigenvalue weighted by atomic mass is 10.1. The number of anilines is 2. The molecule has 4 bridgehead atoms. The SMILES string of the molecule is O=C(N1Cc2cccc(c2)CN(C(=O)C(F)(F)F)c2cccc1c2)C(F)(F)F. The first-order valence-corrected chi connectivity index (χ1v) is 7.92. The largest absolute Gasteiger partial charge is 0.471 e. The van der Waals surface area contributed by atoms with E-state index in [1.165, 1.54) is 30.3 Å². The van der Waals surface area contributed by atoms with Crippen molar-refractivity contribution in [2.24, 2.45) is 0 Å². The van der Waals surface area contributed by atoms with Gasteiger partial charge in [0.15, 0.2) is 0 Å². The lowest BCUT2D eigenvalue weighted by Crippen LogP contribution is -2.42. The van der Waals surface area contributed by atoms with E-state index in [1.54, 1.807) is 0 Å². The summed E-state index contributed by atoms with van der Waals surface area (Å²) in [6.07, 6.45) is -10.4. The second kappa shape index (κ2) is 6.84. The summed E-state index contributed by atoms with van der Waals surface area (Å²) in [5.41, 5.74) is 0.0165. The fourth-order valence-corrected chi connectivity index (χ4v) is 2.89. The Labute approximate surface area is 155 Å². The average molecular weight is 402 g/mol. The molecule has 0 saturated heterocycles.